The van der Waals surface area contributed by atoms with Crippen LogP contribution in [0.1, 0.15) is 18.1 Å². The lowest BCUT2D eigenvalue weighted by atomic mass is 9.99. The van der Waals surface area contributed by atoms with Crippen LogP contribution in [-0.2, 0) is 16.0 Å². The van der Waals surface area contributed by atoms with E-state index in [1.165, 1.54) is 18.2 Å². The standard InChI is InChI=1S/C13H14O2/c1-9(13(14)15-2)12-7-10-5-3-4-6-11(10)8-12/h3-7,9H,8H2,1-2H3/t9-/m0/s1. The quantitative estimate of drug-likeness (QED) is 0.688. The van der Waals surface area contributed by atoms with Gasteiger partial charge in [0.1, 0.15) is 0 Å². The number of carbonyl (C=O) groups is 1. The molecule has 2 rings (SSSR count). The predicted molar refractivity (Wildman–Crippen MR) is 59.3 cm³/mol. The lowest BCUT2D eigenvalue weighted by Crippen LogP contribution is -2.14. The number of benzene rings is 1. The molecule has 0 unspecified atom stereocenters. The molecular weight excluding hydrogens is 188 g/mol. The van der Waals surface area contributed by atoms with E-state index >= 15 is 0 Å². The van der Waals surface area contributed by atoms with Crippen molar-refractivity contribution in [3.8, 4) is 0 Å². The van der Waals surface area contributed by atoms with Crippen LogP contribution in [0.3, 0.4) is 0 Å². The molecule has 1 atom stereocenters. The summed E-state index contributed by atoms with van der Waals surface area (Å²) in [4.78, 5) is 11.4. The highest BCUT2D eigenvalue weighted by Gasteiger charge is 2.22. The number of ether oxygens (including phenoxy) is 1. The summed E-state index contributed by atoms with van der Waals surface area (Å²) in [5.74, 6) is -0.295. The van der Waals surface area contributed by atoms with Gasteiger partial charge in [0.05, 0.1) is 13.0 Å². The van der Waals surface area contributed by atoms with Crippen molar-refractivity contribution in [2.45, 2.75) is 13.3 Å². The van der Waals surface area contributed by atoms with Crippen LogP contribution in [0.2, 0.25) is 0 Å². The van der Waals surface area contributed by atoms with E-state index in [9.17, 15) is 4.79 Å². The average molecular weight is 202 g/mol. The first-order valence-electron chi connectivity index (χ1n) is 5.08. The van der Waals surface area contributed by atoms with Gasteiger partial charge in [0, 0.05) is 0 Å². The SMILES string of the molecule is COC(=O)[C@@H](C)C1=Cc2ccccc2C1. The molecule has 1 aromatic rings. The zero-order chi connectivity index (χ0) is 10.8. The maximum atomic E-state index is 11.4. The number of rotatable bonds is 2. The van der Waals surface area contributed by atoms with Crippen LogP contribution in [-0.4, -0.2) is 13.1 Å². The van der Waals surface area contributed by atoms with Crippen molar-refractivity contribution < 1.29 is 9.53 Å². The Morgan fingerprint density at radius 1 is 1.40 bits per heavy atom. The minimum absolute atomic E-state index is 0.137. The molecule has 0 amide bonds. The van der Waals surface area contributed by atoms with E-state index in [1.54, 1.807) is 0 Å². The Morgan fingerprint density at radius 3 is 2.80 bits per heavy atom. The molecule has 1 aliphatic rings. The van der Waals surface area contributed by atoms with E-state index in [2.05, 4.69) is 18.2 Å². The maximum Gasteiger partial charge on any atom is 0.312 e. The predicted octanol–water partition coefficient (Wildman–Crippen LogP) is 2.44. The summed E-state index contributed by atoms with van der Waals surface area (Å²) < 4.78 is 4.74. The fourth-order valence-electron chi connectivity index (χ4n) is 1.91. The summed E-state index contributed by atoms with van der Waals surface area (Å²) in [6.07, 6.45) is 2.96. The molecule has 1 aromatic carbocycles. The van der Waals surface area contributed by atoms with Gasteiger partial charge in [-0.25, -0.2) is 0 Å². The van der Waals surface area contributed by atoms with Crippen molar-refractivity contribution in [2.24, 2.45) is 5.92 Å². The lowest BCUT2D eigenvalue weighted by molar-refractivity contribution is -0.143. The second-order valence-electron chi connectivity index (χ2n) is 3.84. The van der Waals surface area contributed by atoms with Gasteiger partial charge < -0.3 is 4.74 Å². The molecule has 0 fully saturated rings. The number of hydrogen-bond donors (Lipinski definition) is 0. The normalized spacial score (nSPS) is 15.5. The minimum Gasteiger partial charge on any atom is -0.469 e. The lowest BCUT2D eigenvalue weighted by Gasteiger charge is -2.09. The van der Waals surface area contributed by atoms with Crippen molar-refractivity contribution in [3.05, 3.63) is 41.0 Å². The minimum atomic E-state index is -0.158. The van der Waals surface area contributed by atoms with Gasteiger partial charge in [0.25, 0.3) is 0 Å². The molecule has 0 radical (unpaired) electrons. The average Bonchev–Trinajstić information content (AvgIpc) is 2.70. The van der Waals surface area contributed by atoms with E-state index in [4.69, 9.17) is 4.74 Å². The largest absolute Gasteiger partial charge is 0.469 e. The molecule has 15 heavy (non-hydrogen) atoms. The molecule has 0 saturated heterocycles. The van der Waals surface area contributed by atoms with Crippen LogP contribution in [0.4, 0.5) is 0 Å². The van der Waals surface area contributed by atoms with Gasteiger partial charge in [-0.1, -0.05) is 35.9 Å². The van der Waals surface area contributed by atoms with Crippen LogP contribution in [0, 0.1) is 5.92 Å². The Hall–Kier alpha value is -1.57. The van der Waals surface area contributed by atoms with Gasteiger partial charge >= 0.3 is 5.97 Å². The maximum absolute atomic E-state index is 11.4. The topological polar surface area (TPSA) is 26.3 Å². The van der Waals surface area contributed by atoms with Gasteiger partial charge in [-0.15, -0.1) is 0 Å². The summed E-state index contributed by atoms with van der Waals surface area (Å²) in [5, 5.41) is 0. The number of hydrogen-bond acceptors (Lipinski definition) is 2. The highest BCUT2D eigenvalue weighted by atomic mass is 16.5. The molecule has 0 heterocycles. The Morgan fingerprint density at radius 2 is 2.13 bits per heavy atom. The van der Waals surface area contributed by atoms with Crippen molar-refractivity contribution in [1.82, 2.24) is 0 Å². The van der Waals surface area contributed by atoms with Crippen LogP contribution in [0.25, 0.3) is 6.08 Å². The molecule has 0 aliphatic heterocycles. The van der Waals surface area contributed by atoms with E-state index < -0.39 is 0 Å². The van der Waals surface area contributed by atoms with Gasteiger partial charge in [0.15, 0.2) is 0 Å². The number of carbonyl (C=O) groups excluding carboxylic acids is 1. The van der Waals surface area contributed by atoms with Crippen molar-refractivity contribution in [1.29, 1.82) is 0 Å². The molecule has 2 nitrogen and oxygen atoms in total. The fraction of sp³-hybridized carbons (Fsp3) is 0.308. The van der Waals surface area contributed by atoms with Crippen LogP contribution in [0.15, 0.2) is 29.8 Å². The van der Waals surface area contributed by atoms with Gasteiger partial charge in [-0.3, -0.25) is 4.79 Å². The second-order valence-corrected chi connectivity index (χ2v) is 3.84. The third kappa shape index (κ3) is 1.80. The molecule has 0 spiro atoms. The molecule has 0 N–H and O–H groups in total. The molecule has 0 bridgehead atoms. The highest BCUT2D eigenvalue weighted by molar-refractivity contribution is 5.79. The Bertz CT molecular complexity index is 418. The van der Waals surface area contributed by atoms with Crippen LogP contribution < -0.4 is 0 Å². The van der Waals surface area contributed by atoms with Gasteiger partial charge in [-0.05, 0) is 24.5 Å². The smallest absolute Gasteiger partial charge is 0.312 e. The Kier molecular flexibility index (Phi) is 2.58. The van der Waals surface area contributed by atoms with Gasteiger partial charge in [-0.2, -0.15) is 0 Å². The second kappa shape index (κ2) is 3.89. The number of esters is 1. The highest BCUT2D eigenvalue weighted by Crippen LogP contribution is 2.29. The van der Waals surface area contributed by atoms with E-state index in [0.717, 1.165) is 12.0 Å². The van der Waals surface area contributed by atoms with Crippen molar-refractivity contribution in [2.75, 3.05) is 7.11 Å². The zero-order valence-electron chi connectivity index (χ0n) is 8.99. The molecular formula is C13H14O2. The third-order valence-corrected chi connectivity index (χ3v) is 2.90. The third-order valence-electron chi connectivity index (χ3n) is 2.90. The van der Waals surface area contributed by atoms with Crippen LogP contribution in [0.5, 0.6) is 0 Å². The monoisotopic (exact) mass is 202 g/mol. The van der Waals surface area contributed by atoms with Crippen molar-refractivity contribution >= 4 is 12.0 Å². The first-order valence-corrected chi connectivity index (χ1v) is 5.08. The summed E-state index contributed by atoms with van der Waals surface area (Å²) in [7, 11) is 1.43. The molecule has 0 aromatic heterocycles. The Labute approximate surface area is 89.6 Å². The van der Waals surface area contributed by atoms with E-state index in [1.807, 2.05) is 19.1 Å². The van der Waals surface area contributed by atoms with E-state index in [-0.39, 0.29) is 11.9 Å². The van der Waals surface area contributed by atoms with Crippen molar-refractivity contribution in [3.63, 3.8) is 0 Å². The number of fused-ring (bicyclic) bond motifs is 1. The first-order chi connectivity index (χ1) is 7.22. The summed E-state index contributed by atoms with van der Waals surface area (Å²) in [6.45, 7) is 1.89. The summed E-state index contributed by atoms with van der Waals surface area (Å²) in [6, 6.07) is 8.22. The summed E-state index contributed by atoms with van der Waals surface area (Å²) in [5.41, 5.74) is 3.66. The Balaban J connectivity index is 2.21. The fourth-order valence-corrected chi connectivity index (χ4v) is 1.91. The van der Waals surface area contributed by atoms with Crippen LogP contribution >= 0.6 is 0 Å². The molecule has 0 saturated carbocycles. The summed E-state index contributed by atoms with van der Waals surface area (Å²) >= 11 is 0. The zero-order valence-corrected chi connectivity index (χ0v) is 8.99. The van der Waals surface area contributed by atoms with Gasteiger partial charge in [0.2, 0.25) is 0 Å². The molecule has 2 heteroatoms. The van der Waals surface area contributed by atoms with E-state index in [0.29, 0.717) is 0 Å². The molecule has 78 valence electrons. The molecule has 1 aliphatic carbocycles. The first kappa shape index (κ1) is 9.97. The number of methoxy groups -OCH3 is 1.